The van der Waals surface area contributed by atoms with E-state index in [4.69, 9.17) is 11.6 Å². The summed E-state index contributed by atoms with van der Waals surface area (Å²) < 4.78 is 4.62. The quantitative estimate of drug-likeness (QED) is 0.788. The Balaban J connectivity index is 1.97. The normalized spacial score (nSPS) is 10.1. The predicted molar refractivity (Wildman–Crippen MR) is 99.0 cm³/mol. The van der Waals surface area contributed by atoms with Crippen LogP contribution in [0.25, 0.3) is 0 Å². The Hall–Kier alpha value is -2.86. The van der Waals surface area contributed by atoms with Gasteiger partial charge in [-0.25, -0.2) is 4.79 Å². The van der Waals surface area contributed by atoms with E-state index in [-0.39, 0.29) is 18.4 Å². The first-order valence-corrected chi connectivity index (χ1v) is 8.25. The molecular weight excluding hydrogens is 356 g/mol. The fraction of sp³-hybridized carbons (Fsp3) is 0.211. The average molecular weight is 375 g/mol. The Morgan fingerprint density at radius 2 is 1.65 bits per heavy atom. The smallest absolute Gasteiger partial charge is 0.337 e. The molecule has 2 aromatic rings. The number of nitrogens with zero attached hydrogens (tertiary/aromatic N) is 1. The summed E-state index contributed by atoms with van der Waals surface area (Å²) in [6.07, 6.45) is 0. The van der Waals surface area contributed by atoms with E-state index in [1.54, 1.807) is 36.4 Å². The molecule has 0 atom stereocenters. The van der Waals surface area contributed by atoms with Crippen molar-refractivity contribution < 1.29 is 19.1 Å². The molecule has 136 valence electrons. The Morgan fingerprint density at radius 3 is 2.19 bits per heavy atom. The third-order valence-corrected chi connectivity index (χ3v) is 3.91. The Kier molecular flexibility index (Phi) is 6.74. The largest absolute Gasteiger partial charge is 0.465 e. The topological polar surface area (TPSA) is 75.7 Å². The maximum Gasteiger partial charge on any atom is 0.337 e. The number of halogens is 1. The predicted octanol–water partition coefficient (Wildman–Crippen LogP) is 3.11. The minimum Gasteiger partial charge on any atom is -0.465 e. The molecule has 0 saturated heterocycles. The fourth-order valence-corrected chi connectivity index (χ4v) is 2.40. The molecule has 0 unspecified atom stereocenters. The lowest BCUT2D eigenvalue weighted by Crippen LogP contribution is -2.36. The van der Waals surface area contributed by atoms with Crippen molar-refractivity contribution in [2.24, 2.45) is 0 Å². The first-order valence-electron chi connectivity index (χ1n) is 7.87. The lowest BCUT2D eigenvalue weighted by atomic mass is 10.2. The van der Waals surface area contributed by atoms with Gasteiger partial charge in [-0.1, -0.05) is 23.7 Å². The Morgan fingerprint density at radius 1 is 1.04 bits per heavy atom. The Labute approximate surface area is 156 Å². The van der Waals surface area contributed by atoms with Gasteiger partial charge in [0.15, 0.2) is 0 Å². The van der Waals surface area contributed by atoms with E-state index in [0.29, 0.717) is 22.8 Å². The van der Waals surface area contributed by atoms with Crippen LogP contribution in [0.15, 0.2) is 48.5 Å². The van der Waals surface area contributed by atoms with Gasteiger partial charge in [-0.05, 0) is 42.0 Å². The molecule has 7 heteroatoms. The fourth-order valence-electron chi connectivity index (χ4n) is 2.27. The molecule has 0 aromatic heterocycles. The second-order valence-corrected chi connectivity index (χ2v) is 6.06. The number of esters is 1. The van der Waals surface area contributed by atoms with Crippen LogP contribution in [0.4, 0.5) is 5.69 Å². The van der Waals surface area contributed by atoms with Crippen molar-refractivity contribution in [2.75, 3.05) is 19.0 Å². The number of carbonyl (C=O) groups is 3. The number of benzene rings is 2. The molecule has 6 nitrogen and oxygen atoms in total. The molecule has 2 rings (SSSR count). The van der Waals surface area contributed by atoms with Crippen molar-refractivity contribution in [1.82, 2.24) is 4.90 Å². The monoisotopic (exact) mass is 374 g/mol. The van der Waals surface area contributed by atoms with Crippen LogP contribution in [0.5, 0.6) is 0 Å². The number of nitrogens with one attached hydrogen (secondary N) is 1. The maximum absolute atomic E-state index is 12.2. The molecule has 1 N–H and O–H groups in total. The summed E-state index contributed by atoms with van der Waals surface area (Å²) in [5.74, 6) is -0.996. The molecule has 0 spiro atoms. The van der Waals surface area contributed by atoms with E-state index in [2.05, 4.69) is 10.1 Å². The summed E-state index contributed by atoms with van der Waals surface area (Å²) in [5, 5.41) is 3.31. The lowest BCUT2D eigenvalue weighted by molar-refractivity contribution is -0.133. The Bertz CT molecular complexity index is 788. The van der Waals surface area contributed by atoms with Crippen molar-refractivity contribution in [3.63, 3.8) is 0 Å². The molecule has 26 heavy (non-hydrogen) atoms. The molecule has 0 fully saturated rings. The summed E-state index contributed by atoms with van der Waals surface area (Å²) in [7, 11) is 1.30. The minimum atomic E-state index is -0.450. The van der Waals surface area contributed by atoms with Gasteiger partial charge < -0.3 is 15.0 Å². The highest BCUT2D eigenvalue weighted by Gasteiger charge is 2.15. The van der Waals surface area contributed by atoms with Crippen molar-refractivity contribution in [3.05, 3.63) is 64.7 Å². The van der Waals surface area contributed by atoms with Gasteiger partial charge in [-0.2, -0.15) is 0 Å². The van der Waals surface area contributed by atoms with E-state index in [9.17, 15) is 14.4 Å². The highest BCUT2D eigenvalue weighted by atomic mass is 35.5. The number of hydrogen-bond donors (Lipinski definition) is 1. The summed E-state index contributed by atoms with van der Waals surface area (Å²) in [6, 6.07) is 13.4. The molecule has 0 radical (unpaired) electrons. The van der Waals surface area contributed by atoms with Crippen LogP contribution < -0.4 is 5.32 Å². The first-order chi connectivity index (χ1) is 12.4. The number of amides is 2. The van der Waals surface area contributed by atoms with Crippen LogP contribution in [0.2, 0.25) is 5.02 Å². The highest BCUT2D eigenvalue weighted by molar-refractivity contribution is 6.30. The van der Waals surface area contributed by atoms with Crippen LogP contribution in [0.3, 0.4) is 0 Å². The van der Waals surface area contributed by atoms with Crippen LogP contribution in [0.1, 0.15) is 22.8 Å². The zero-order valence-corrected chi connectivity index (χ0v) is 15.2. The molecule has 2 amide bonds. The number of anilines is 1. The van der Waals surface area contributed by atoms with E-state index < -0.39 is 5.97 Å². The van der Waals surface area contributed by atoms with E-state index in [1.807, 2.05) is 12.1 Å². The minimum absolute atomic E-state index is 0.0866. The molecule has 0 aliphatic carbocycles. The third kappa shape index (κ3) is 5.60. The van der Waals surface area contributed by atoms with Crippen molar-refractivity contribution in [1.29, 1.82) is 0 Å². The molecule has 0 saturated carbocycles. The van der Waals surface area contributed by atoms with Gasteiger partial charge in [0, 0.05) is 24.2 Å². The van der Waals surface area contributed by atoms with Gasteiger partial charge in [0.25, 0.3) is 0 Å². The van der Waals surface area contributed by atoms with Crippen LogP contribution in [0, 0.1) is 0 Å². The van der Waals surface area contributed by atoms with Crippen LogP contribution in [-0.4, -0.2) is 36.3 Å². The van der Waals surface area contributed by atoms with Crippen molar-refractivity contribution in [2.45, 2.75) is 13.5 Å². The summed E-state index contributed by atoms with van der Waals surface area (Å²) in [4.78, 5) is 36.9. The molecule has 0 aliphatic rings. The van der Waals surface area contributed by atoms with Gasteiger partial charge in [0.2, 0.25) is 11.8 Å². The molecule has 0 aliphatic heterocycles. The van der Waals surface area contributed by atoms with E-state index in [0.717, 1.165) is 5.56 Å². The molecule has 2 aromatic carbocycles. The number of rotatable bonds is 6. The van der Waals surface area contributed by atoms with Crippen LogP contribution >= 0.6 is 11.6 Å². The molecule has 0 bridgehead atoms. The number of ether oxygens (including phenoxy) is 1. The van der Waals surface area contributed by atoms with Crippen LogP contribution in [-0.2, 0) is 20.9 Å². The number of carbonyl (C=O) groups excluding carboxylic acids is 3. The SMILES string of the molecule is COC(=O)c1ccc(NC(=O)CN(Cc2ccc(Cl)cc2)C(C)=O)cc1. The maximum atomic E-state index is 12.2. The van der Waals surface area contributed by atoms with E-state index in [1.165, 1.54) is 18.9 Å². The summed E-state index contributed by atoms with van der Waals surface area (Å²) >= 11 is 5.85. The second-order valence-electron chi connectivity index (χ2n) is 5.62. The summed E-state index contributed by atoms with van der Waals surface area (Å²) in [5.41, 5.74) is 1.79. The zero-order chi connectivity index (χ0) is 19.1. The van der Waals surface area contributed by atoms with Gasteiger partial charge in [-0.15, -0.1) is 0 Å². The summed E-state index contributed by atoms with van der Waals surface area (Å²) in [6.45, 7) is 1.63. The number of hydrogen-bond acceptors (Lipinski definition) is 4. The number of methoxy groups -OCH3 is 1. The lowest BCUT2D eigenvalue weighted by Gasteiger charge is -2.20. The second kappa shape index (κ2) is 9.01. The standard InChI is InChI=1S/C19H19ClN2O4/c1-13(23)22(11-14-3-7-16(20)8-4-14)12-18(24)21-17-9-5-15(6-10-17)19(25)26-2/h3-10H,11-12H2,1-2H3,(H,21,24). The highest BCUT2D eigenvalue weighted by Crippen LogP contribution is 2.13. The third-order valence-electron chi connectivity index (χ3n) is 3.66. The first kappa shape index (κ1) is 19.5. The molecular formula is C19H19ClN2O4. The van der Waals surface area contributed by atoms with Gasteiger partial charge >= 0.3 is 5.97 Å². The van der Waals surface area contributed by atoms with E-state index >= 15 is 0 Å². The molecule has 0 heterocycles. The van der Waals surface area contributed by atoms with Gasteiger partial charge in [0.05, 0.1) is 12.7 Å². The van der Waals surface area contributed by atoms with Crippen molar-refractivity contribution in [3.8, 4) is 0 Å². The van der Waals surface area contributed by atoms with Gasteiger partial charge in [-0.3, -0.25) is 9.59 Å². The average Bonchev–Trinajstić information content (AvgIpc) is 2.62. The van der Waals surface area contributed by atoms with Gasteiger partial charge in [0.1, 0.15) is 6.54 Å². The zero-order valence-electron chi connectivity index (χ0n) is 14.5. The van der Waals surface area contributed by atoms with Crippen molar-refractivity contribution >= 4 is 35.1 Å².